The van der Waals surface area contributed by atoms with Crippen molar-refractivity contribution in [1.82, 2.24) is 15.5 Å². The van der Waals surface area contributed by atoms with Gasteiger partial charge in [0.05, 0.1) is 5.69 Å². The van der Waals surface area contributed by atoms with E-state index in [4.69, 9.17) is 0 Å². The molecule has 0 fully saturated rings. The Morgan fingerprint density at radius 1 is 1.18 bits per heavy atom. The van der Waals surface area contributed by atoms with E-state index in [1.54, 1.807) is 12.1 Å². The van der Waals surface area contributed by atoms with E-state index in [9.17, 15) is 10.1 Å². The van der Waals surface area contributed by atoms with Crippen LogP contribution in [0.25, 0.3) is 0 Å². The normalized spacial score (nSPS) is 9.86. The Hall–Kier alpha value is -2.94. The van der Waals surface area contributed by atoms with Gasteiger partial charge in [0.1, 0.15) is 11.6 Å². The standard InChI is InChI=1S/C16H17N5O/c1-11-12(2)20-21-15(14(11)10-17)18-8-9-19-16(22)13-6-4-3-5-7-13/h3-7H,8-9H2,1-2H3,(H,18,21)(H,19,22). The predicted molar refractivity (Wildman–Crippen MR) is 83.5 cm³/mol. The van der Waals surface area contributed by atoms with Crippen LogP contribution in [-0.2, 0) is 0 Å². The highest BCUT2D eigenvalue weighted by Gasteiger charge is 2.10. The van der Waals surface area contributed by atoms with Gasteiger partial charge in [0.2, 0.25) is 0 Å². The number of hydrogen-bond acceptors (Lipinski definition) is 5. The molecule has 0 bridgehead atoms. The number of benzene rings is 1. The van der Waals surface area contributed by atoms with Crippen molar-refractivity contribution in [2.75, 3.05) is 18.4 Å². The fraction of sp³-hybridized carbons (Fsp3) is 0.250. The first-order valence-electron chi connectivity index (χ1n) is 6.94. The third kappa shape index (κ3) is 3.58. The van der Waals surface area contributed by atoms with Gasteiger partial charge < -0.3 is 10.6 Å². The van der Waals surface area contributed by atoms with Crippen LogP contribution in [0.1, 0.15) is 27.2 Å². The summed E-state index contributed by atoms with van der Waals surface area (Å²) in [6.45, 7) is 4.54. The van der Waals surface area contributed by atoms with Crippen molar-refractivity contribution in [2.24, 2.45) is 0 Å². The van der Waals surface area contributed by atoms with Crippen LogP contribution in [0, 0.1) is 25.2 Å². The lowest BCUT2D eigenvalue weighted by Crippen LogP contribution is -2.29. The Kier molecular flexibility index (Phi) is 5.04. The molecule has 1 aromatic carbocycles. The highest BCUT2D eigenvalue weighted by molar-refractivity contribution is 5.94. The second-order valence-corrected chi connectivity index (χ2v) is 4.79. The highest BCUT2D eigenvalue weighted by Crippen LogP contribution is 2.16. The van der Waals surface area contributed by atoms with Crippen molar-refractivity contribution in [1.29, 1.82) is 5.26 Å². The number of aryl methyl sites for hydroxylation is 1. The summed E-state index contributed by atoms with van der Waals surface area (Å²) in [5.41, 5.74) is 2.65. The average molecular weight is 295 g/mol. The van der Waals surface area contributed by atoms with Crippen molar-refractivity contribution in [2.45, 2.75) is 13.8 Å². The Morgan fingerprint density at radius 2 is 1.91 bits per heavy atom. The lowest BCUT2D eigenvalue weighted by atomic mass is 10.1. The molecular formula is C16H17N5O. The van der Waals surface area contributed by atoms with Gasteiger partial charge in [-0.05, 0) is 31.5 Å². The summed E-state index contributed by atoms with van der Waals surface area (Å²) in [7, 11) is 0. The van der Waals surface area contributed by atoms with E-state index in [0.717, 1.165) is 11.3 Å². The van der Waals surface area contributed by atoms with Gasteiger partial charge >= 0.3 is 0 Å². The quantitative estimate of drug-likeness (QED) is 0.821. The number of carbonyl (C=O) groups is 1. The van der Waals surface area contributed by atoms with E-state index in [2.05, 4.69) is 26.9 Å². The van der Waals surface area contributed by atoms with Crippen LogP contribution in [0.15, 0.2) is 30.3 Å². The molecule has 2 N–H and O–H groups in total. The van der Waals surface area contributed by atoms with E-state index < -0.39 is 0 Å². The van der Waals surface area contributed by atoms with Crippen LogP contribution < -0.4 is 10.6 Å². The molecular weight excluding hydrogens is 278 g/mol. The number of aromatic nitrogens is 2. The van der Waals surface area contributed by atoms with Gasteiger partial charge in [-0.3, -0.25) is 4.79 Å². The minimum Gasteiger partial charge on any atom is -0.366 e. The molecule has 6 nitrogen and oxygen atoms in total. The first kappa shape index (κ1) is 15.4. The highest BCUT2D eigenvalue weighted by atomic mass is 16.1. The Labute approximate surface area is 129 Å². The van der Waals surface area contributed by atoms with Crippen LogP contribution in [0.4, 0.5) is 5.82 Å². The maximum Gasteiger partial charge on any atom is 0.251 e. The summed E-state index contributed by atoms with van der Waals surface area (Å²) >= 11 is 0. The number of anilines is 1. The number of carbonyl (C=O) groups excluding carboxylic acids is 1. The van der Waals surface area contributed by atoms with Crippen molar-refractivity contribution < 1.29 is 4.79 Å². The molecule has 0 saturated carbocycles. The van der Waals surface area contributed by atoms with E-state index in [-0.39, 0.29) is 5.91 Å². The van der Waals surface area contributed by atoms with Crippen molar-refractivity contribution in [3.8, 4) is 6.07 Å². The maximum absolute atomic E-state index is 11.9. The zero-order chi connectivity index (χ0) is 15.9. The lowest BCUT2D eigenvalue weighted by molar-refractivity contribution is 0.0955. The molecule has 6 heteroatoms. The molecule has 22 heavy (non-hydrogen) atoms. The van der Waals surface area contributed by atoms with E-state index >= 15 is 0 Å². The molecule has 1 amide bonds. The summed E-state index contributed by atoms with van der Waals surface area (Å²) < 4.78 is 0. The van der Waals surface area contributed by atoms with Crippen LogP contribution in [0.5, 0.6) is 0 Å². The minimum absolute atomic E-state index is 0.130. The smallest absolute Gasteiger partial charge is 0.251 e. The van der Waals surface area contributed by atoms with Crippen LogP contribution >= 0.6 is 0 Å². The van der Waals surface area contributed by atoms with Crippen molar-refractivity contribution >= 4 is 11.7 Å². The topological polar surface area (TPSA) is 90.7 Å². The summed E-state index contributed by atoms with van der Waals surface area (Å²) in [4.78, 5) is 11.9. The van der Waals surface area contributed by atoms with Crippen molar-refractivity contribution in [3.63, 3.8) is 0 Å². The largest absolute Gasteiger partial charge is 0.366 e. The van der Waals surface area contributed by atoms with Gasteiger partial charge in [0.25, 0.3) is 5.91 Å². The molecule has 0 radical (unpaired) electrons. The summed E-state index contributed by atoms with van der Waals surface area (Å²) in [5, 5.41) is 23.0. The Balaban J connectivity index is 1.89. The zero-order valence-corrected chi connectivity index (χ0v) is 12.6. The monoisotopic (exact) mass is 295 g/mol. The van der Waals surface area contributed by atoms with E-state index in [0.29, 0.717) is 30.0 Å². The molecule has 0 unspecified atom stereocenters. The van der Waals surface area contributed by atoms with Crippen molar-refractivity contribution in [3.05, 3.63) is 52.7 Å². The number of nitrogens with one attached hydrogen (secondary N) is 2. The predicted octanol–water partition coefficient (Wildman–Crippen LogP) is 1.81. The number of nitrogens with zero attached hydrogens (tertiary/aromatic N) is 3. The van der Waals surface area contributed by atoms with Crippen LogP contribution in [-0.4, -0.2) is 29.2 Å². The third-order valence-electron chi connectivity index (χ3n) is 3.31. The van der Waals surface area contributed by atoms with Gasteiger partial charge in [0, 0.05) is 18.7 Å². The molecule has 1 heterocycles. The Bertz CT molecular complexity index is 706. The second kappa shape index (κ2) is 7.18. The molecule has 2 rings (SSSR count). The second-order valence-electron chi connectivity index (χ2n) is 4.79. The Morgan fingerprint density at radius 3 is 2.59 bits per heavy atom. The van der Waals surface area contributed by atoms with Gasteiger partial charge in [-0.1, -0.05) is 18.2 Å². The SMILES string of the molecule is Cc1nnc(NCCNC(=O)c2ccccc2)c(C#N)c1C. The van der Waals surface area contributed by atoms with Gasteiger partial charge in [-0.25, -0.2) is 0 Å². The van der Waals surface area contributed by atoms with Gasteiger partial charge in [-0.15, -0.1) is 5.10 Å². The molecule has 112 valence electrons. The third-order valence-corrected chi connectivity index (χ3v) is 3.31. The summed E-state index contributed by atoms with van der Waals surface area (Å²) in [6.07, 6.45) is 0. The van der Waals surface area contributed by atoms with Gasteiger partial charge in [-0.2, -0.15) is 10.4 Å². The fourth-order valence-electron chi connectivity index (χ4n) is 1.92. The van der Waals surface area contributed by atoms with Crippen LogP contribution in [0.3, 0.4) is 0 Å². The minimum atomic E-state index is -0.130. The maximum atomic E-state index is 11.9. The molecule has 0 aliphatic heterocycles. The molecule has 1 aromatic heterocycles. The van der Waals surface area contributed by atoms with E-state index in [1.165, 1.54) is 0 Å². The summed E-state index contributed by atoms with van der Waals surface area (Å²) in [5.74, 6) is 0.314. The van der Waals surface area contributed by atoms with Gasteiger partial charge in [0.15, 0.2) is 5.82 Å². The zero-order valence-electron chi connectivity index (χ0n) is 12.6. The fourth-order valence-corrected chi connectivity index (χ4v) is 1.92. The van der Waals surface area contributed by atoms with E-state index in [1.807, 2.05) is 32.0 Å². The molecule has 0 saturated heterocycles. The molecule has 0 spiro atoms. The first-order chi connectivity index (χ1) is 10.6. The molecule has 0 aliphatic carbocycles. The lowest BCUT2D eigenvalue weighted by Gasteiger charge is -2.10. The molecule has 0 atom stereocenters. The number of hydrogen-bond donors (Lipinski definition) is 2. The number of amides is 1. The van der Waals surface area contributed by atoms with Crippen LogP contribution in [0.2, 0.25) is 0 Å². The number of nitriles is 1. The average Bonchev–Trinajstić information content (AvgIpc) is 2.55. The number of rotatable bonds is 5. The molecule has 2 aromatic rings. The summed E-state index contributed by atoms with van der Waals surface area (Å²) in [6, 6.07) is 11.1. The first-order valence-corrected chi connectivity index (χ1v) is 6.94. The molecule has 0 aliphatic rings.